The standard InChI is InChI=1S/C23H29N3O3S/c1-22(2,25-21(28)29-16-17-12-8-6-9-13-17)19(27)24-23(3,4)20(30)26(5)18-14-10-7-11-15-18/h6-15H,16H2,1-5H3,(H,24,27)(H,25,28). The van der Waals surface area contributed by atoms with Crippen LogP contribution in [0.5, 0.6) is 0 Å². The molecular formula is C23H29N3O3S. The number of nitrogens with one attached hydrogen (secondary N) is 2. The lowest BCUT2D eigenvalue weighted by Crippen LogP contribution is -2.62. The third kappa shape index (κ3) is 6.29. The molecule has 0 aliphatic carbocycles. The summed E-state index contributed by atoms with van der Waals surface area (Å²) in [5.74, 6) is -0.368. The van der Waals surface area contributed by atoms with Gasteiger partial charge >= 0.3 is 6.09 Å². The summed E-state index contributed by atoms with van der Waals surface area (Å²) in [6.45, 7) is 7.02. The monoisotopic (exact) mass is 427 g/mol. The molecule has 0 atom stereocenters. The topological polar surface area (TPSA) is 70.7 Å². The Bertz CT molecular complexity index is 883. The van der Waals surface area contributed by atoms with E-state index in [2.05, 4.69) is 10.6 Å². The van der Waals surface area contributed by atoms with E-state index < -0.39 is 17.2 Å². The zero-order chi connectivity index (χ0) is 22.4. The molecule has 0 aliphatic heterocycles. The number of amides is 2. The van der Waals surface area contributed by atoms with Crippen molar-refractivity contribution in [3.63, 3.8) is 0 Å². The van der Waals surface area contributed by atoms with Crippen molar-refractivity contribution < 1.29 is 14.3 Å². The Labute approximate surface area is 183 Å². The van der Waals surface area contributed by atoms with Gasteiger partial charge in [0, 0.05) is 12.7 Å². The van der Waals surface area contributed by atoms with Crippen molar-refractivity contribution in [3.05, 3.63) is 66.2 Å². The van der Waals surface area contributed by atoms with Crippen LogP contribution < -0.4 is 15.5 Å². The van der Waals surface area contributed by atoms with E-state index >= 15 is 0 Å². The molecule has 0 aromatic heterocycles. The van der Waals surface area contributed by atoms with Crippen LogP contribution in [0.1, 0.15) is 33.3 Å². The molecule has 0 bridgehead atoms. The van der Waals surface area contributed by atoms with E-state index in [1.54, 1.807) is 13.8 Å². The van der Waals surface area contributed by atoms with Crippen molar-refractivity contribution in [1.82, 2.24) is 10.6 Å². The summed E-state index contributed by atoms with van der Waals surface area (Å²) < 4.78 is 5.22. The molecular weight excluding hydrogens is 398 g/mol. The minimum atomic E-state index is -1.19. The number of nitrogens with zero attached hydrogens (tertiary/aromatic N) is 1. The molecule has 0 fully saturated rings. The van der Waals surface area contributed by atoms with E-state index in [9.17, 15) is 9.59 Å². The zero-order valence-electron chi connectivity index (χ0n) is 18.1. The summed E-state index contributed by atoms with van der Waals surface area (Å²) in [6.07, 6.45) is -0.666. The maximum atomic E-state index is 12.9. The molecule has 7 heteroatoms. The maximum Gasteiger partial charge on any atom is 0.408 e. The van der Waals surface area contributed by atoms with Gasteiger partial charge in [-0.3, -0.25) is 4.79 Å². The SMILES string of the molecule is CN(C(=S)C(C)(C)NC(=O)C(C)(C)NC(=O)OCc1ccccc1)c1ccccc1. The molecule has 0 heterocycles. The van der Waals surface area contributed by atoms with Gasteiger partial charge in [0.1, 0.15) is 17.1 Å². The number of alkyl carbamates (subject to hydrolysis) is 1. The lowest BCUT2D eigenvalue weighted by Gasteiger charge is -2.36. The Hall–Kier alpha value is -2.93. The first-order valence-corrected chi connectivity index (χ1v) is 10.1. The summed E-state index contributed by atoms with van der Waals surface area (Å²) in [4.78, 5) is 27.5. The molecule has 2 aromatic rings. The van der Waals surface area contributed by atoms with Crippen molar-refractivity contribution in [2.75, 3.05) is 11.9 Å². The van der Waals surface area contributed by atoms with Crippen LogP contribution in [0.15, 0.2) is 60.7 Å². The number of para-hydroxylation sites is 1. The number of likely N-dealkylation sites (N-methyl/N-ethyl adjacent to an activating group) is 1. The van der Waals surface area contributed by atoms with Gasteiger partial charge in [0.05, 0.1) is 5.54 Å². The number of hydrogen-bond acceptors (Lipinski definition) is 4. The van der Waals surface area contributed by atoms with Gasteiger partial charge < -0.3 is 20.3 Å². The predicted molar refractivity (Wildman–Crippen MR) is 124 cm³/mol. The minimum absolute atomic E-state index is 0.127. The van der Waals surface area contributed by atoms with Gasteiger partial charge in [0.25, 0.3) is 0 Å². The van der Waals surface area contributed by atoms with Crippen molar-refractivity contribution in [2.45, 2.75) is 45.4 Å². The van der Waals surface area contributed by atoms with Crippen molar-refractivity contribution in [1.29, 1.82) is 0 Å². The van der Waals surface area contributed by atoms with Gasteiger partial charge in [-0.05, 0) is 45.4 Å². The summed E-state index contributed by atoms with van der Waals surface area (Å²) in [6, 6.07) is 19.0. The normalized spacial score (nSPS) is 11.4. The smallest absolute Gasteiger partial charge is 0.408 e. The molecule has 0 radical (unpaired) electrons. The Morgan fingerprint density at radius 1 is 0.900 bits per heavy atom. The van der Waals surface area contributed by atoms with Crippen LogP contribution in [0, 0.1) is 0 Å². The van der Waals surface area contributed by atoms with Gasteiger partial charge in [0.15, 0.2) is 0 Å². The second-order valence-corrected chi connectivity index (χ2v) is 8.48. The number of ether oxygens (including phenoxy) is 1. The van der Waals surface area contributed by atoms with Crippen LogP contribution in [0.25, 0.3) is 0 Å². The first-order valence-electron chi connectivity index (χ1n) is 9.67. The summed E-state index contributed by atoms with van der Waals surface area (Å²) in [7, 11) is 1.86. The van der Waals surface area contributed by atoms with Gasteiger partial charge in [-0.15, -0.1) is 0 Å². The summed E-state index contributed by atoms with van der Waals surface area (Å²) in [5, 5.41) is 5.55. The van der Waals surface area contributed by atoms with Gasteiger partial charge in [0.2, 0.25) is 5.91 Å². The van der Waals surface area contributed by atoms with Gasteiger partial charge in [-0.2, -0.15) is 0 Å². The Kier molecular flexibility index (Phi) is 7.56. The number of benzene rings is 2. The highest BCUT2D eigenvalue weighted by atomic mass is 32.1. The second kappa shape index (κ2) is 9.71. The van der Waals surface area contributed by atoms with Crippen LogP contribution in [0.3, 0.4) is 0 Å². The molecule has 0 saturated carbocycles. The zero-order valence-corrected chi connectivity index (χ0v) is 18.9. The summed E-state index contributed by atoms with van der Waals surface area (Å²) in [5.41, 5.74) is -0.215. The Morgan fingerprint density at radius 3 is 2.00 bits per heavy atom. The average Bonchev–Trinajstić information content (AvgIpc) is 2.72. The highest BCUT2D eigenvalue weighted by molar-refractivity contribution is 7.80. The number of carbonyl (C=O) groups is 2. The second-order valence-electron chi connectivity index (χ2n) is 8.09. The number of thiocarbonyl (C=S) groups is 1. The van der Waals surface area contributed by atoms with Crippen LogP contribution in [0.4, 0.5) is 10.5 Å². The maximum absolute atomic E-state index is 12.9. The number of rotatable bonds is 7. The van der Waals surface area contributed by atoms with E-state index in [4.69, 9.17) is 17.0 Å². The van der Waals surface area contributed by atoms with E-state index in [0.717, 1.165) is 11.3 Å². The third-order valence-corrected chi connectivity index (χ3v) is 5.39. The lowest BCUT2D eigenvalue weighted by atomic mass is 9.99. The third-order valence-electron chi connectivity index (χ3n) is 4.60. The molecule has 0 saturated heterocycles. The highest BCUT2D eigenvalue weighted by Crippen LogP contribution is 2.19. The predicted octanol–water partition coefficient (Wildman–Crippen LogP) is 4.05. The molecule has 2 aromatic carbocycles. The molecule has 6 nitrogen and oxygen atoms in total. The van der Waals surface area contributed by atoms with Crippen molar-refractivity contribution in [2.24, 2.45) is 0 Å². The minimum Gasteiger partial charge on any atom is -0.445 e. The fourth-order valence-electron chi connectivity index (χ4n) is 2.75. The van der Waals surface area contributed by atoms with Crippen molar-refractivity contribution in [3.8, 4) is 0 Å². The molecule has 2 N–H and O–H groups in total. The Balaban J connectivity index is 1.96. The summed E-state index contributed by atoms with van der Waals surface area (Å²) >= 11 is 5.62. The molecule has 0 unspecified atom stereocenters. The van der Waals surface area contributed by atoms with Crippen LogP contribution >= 0.6 is 12.2 Å². The molecule has 2 amide bonds. The fourth-order valence-corrected chi connectivity index (χ4v) is 2.91. The highest BCUT2D eigenvalue weighted by Gasteiger charge is 2.36. The van der Waals surface area contributed by atoms with Crippen LogP contribution in [0.2, 0.25) is 0 Å². The fraction of sp³-hybridized carbons (Fsp3) is 0.348. The number of anilines is 1. The number of carbonyl (C=O) groups excluding carboxylic acids is 2. The van der Waals surface area contributed by atoms with Gasteiger partial charge in [-0.1, -0.05) is 60.7 Å². The quantitative estimate of drug-likeness (QED) is 0.653. The lowest BCUT2D eigenvalue weighted by molar-refractivity contribution is -0.127. The average molecular weight is 428 g/mol. The molecule has 30 heavy (non-hydrogen) atoms. The molecule has 0 aliphatic rings. The first-order chi connectivity index (χ1) is 14.0. The largest absolute Gasteiger partial charge is 0.445 e. The first kappa shape index (κ1) is 23.3. The van der Waals surface area contributed by atoms with Crippen LogP contribution in [-0.2, 0) is 16.1 Å². The Morgan fingerprint density at radius 2 is 1.43 bits per heavy atom. The van der Waals surface area contributed by atoms with E-state index in [1.165, 1.54) is 0 Å². The molecule has 0 spiro atoms. The molecule has 2 rings (SSSR count). The molecule has 160 valence electrons. The van der Waals surface area contributed by atoms with Gasteiger partial charge in [-0.25, -0.2) is 4.79 Å². The van der Waals surface area contributed by atoms with E-state index in [0.29, 0.717) is 4.99 Å². The van der Waals surface area contributed by atoms with Crippen LogP contribution in [-0.4, -0.2) is 35.1 Å². The van der Waals surface area contributed by atoms with Crippen molar-refractivity contribution >= 4 is 34.9 Å². The van der Waals surface area contributed by atoms with E-state index in [-0.39, 0.29) is 12.5 Å². The number of hydrogen-bond donors (Lipinski definition) is 2. The van der Waals surface area contributed by atoms with E-state index in [1.807, 2.05) is 86.5 Å².